The second kappa shape index (κ2) is 5.62. The molecule has 4 rings (SSSR count). The lowest BCUT2D eigenvalue weighted by atomic mass is 10.2. The molecule has 0 aliphatic carbocycles. The first-order valence-corrected chi connectivity index (χ1v) is 7.64. The van der Waals surface area contributed by atoms with Gasteiger partial charge in [0.2, 0.25) is 0 Å². The number of H-pyrrole nitrogens is 1. The molecule has 8 heteroatoms. The van der Waals surface area contributed by atoms with Crippen LogP contribution in [0.4, 0.5) is 5.82 Å². The fraction of sp³-hybridized carbons (Fsp3) is 0.467. The fourth-order valence-corrected chi connectivity index (χ4v) is 2.96. The van der Waals surface area contributed by atoms with Crippen molar-refractivity contribution in [3.63, 3.8) is 0 Å². The number of imidazole rings is 1. The summed E-state index contributed by atoms with van der Waals surface area (Å²) >= 11 is 0. The van der Waals surface area contributed by atoms with Gasteiger partial charge in [-0.05, 0) is 20.3 Å². The molecule has 3 aromatic heterocycles. The van der Waals surface area contributed by atoms with Crippen LogP contribution in [0.1, 0.15) is 23.4 Å². The molecule has 0 saturated carbocycles. The Balaban J connectivity index is 1.44. The molecular formula is C15H18N6O2. The Morgan fingerprint density at radius 3 is 3.09 bits per heavy atom. The van der Waals surface area contributed by atoms with Gasteiger partial charge in [0, 0.05) is 18.7 Å². The van der Waals surface area contributed by atoms with Crippen molar-refractivity contribution >= 4 is 17.0 Å². The molecule has 0 aromatic carbocycles. The molecule has 3 aromatic rings. The van der Waals surface area contributed by atoms with Crippen molar-refractivity contribution in [3.8, 4) is 0 Å². The first-order chi connectivity index (χ1) is 11.2. The van der Waals surface area contributed by atoms with Crippen LogP contribution in [0.3, 0.4) is 0 Å². The lowest BCUT2D eigenvalue weighted by molar-refractivity contribution is 0.0544. The summed E-state index contributed by atoms with van der Waals surface area (Å²) in [5, 5.41) is 3.96. The van der Waals surface area contributed by atoms with Crippen LogP contribution in [0, 0.1) is 13.8 Å². The molecule has 23 heavy (non-hydrogen) atoms. The van der Waals surface area contributed by atoms with E-state index in [2.05, 4.69) is 30.0 Å². The molecule has 120 valence electrons. The van der Waals surface area contributed by atoms with Crippen molar-refractivity contribution < 1.29 is 9.26 Å². The molecule has 1 atom stereocenters. The molecule has 1 saturated heterocycles. The Hall–Kier alpha value is -2.48. The van der Waals surface area contributed by atoms with Gasteiger partial charge in [-0.15, -0.1) is 0 Å². The zero-order valence-corrected chi connectivity index (χ0v) is 13.1. The number of hydrogen-bond acceptors (Lipinski definition) is 7. The van der Waals surface area contributed by atoms with Gasteiger partial charge < -0.3 is 19.1 Å². The number of aromatic amines is 1. The number of aromatic nitrogens is 5. The third kappa shape index (κ3) is 2.55. The molecule has 8 nitrogen and oxygen atoms in total. The van der Waals surface area contributed by atoms with Gasteiger partial charge in [0.1, 0.15) is 17.6 Å². The van der Waals surface area contributed by atoms with Crippen LogP contribution < -0.4 is 4.90 Å². The summed E-state index contributed by atoms with van der Waals surface area (Å²) in [4.78, 5) is 18.0. The minimum Gasteiger partial charge on any atom is -0.371 e. The maximum atomic E-state index is 6.04. The van der Waals surface area contributed by atoms with E-state index in [0.29, 0.717) is 12.3 Å². The monoisotopic (exact) mass is 314 g/mol. The lowest BCUT2D eigenvalue weighted by Gasteiger charge is -2.17. The second-order valence-electron chi connectivity index (χ2n) is 5.77. The van der Waals surface area contributed by atoms with E-state index in [0.717, 1.165) is 47.9 Å². The summed E-state index contributed by atoms with van der Waals surface area (Å²) in [6.07, 6.45) is 4.32. The molecule has 0 radical (unpaired) electrons. The van der Waals surface area contributed by atoms with E-state index in [1.54, 1.807) is 12.7 Å². The number of aryl methyl sites for hydroxylation is 2. The number of anilines is 1. The van der Waals surface area contributed by atoms with Gasteiger partial charge in [0.25, 0.3) is 0 Å². The van der Waals surface area contributed by atoms with E-state index in [-0.39, 0.29) is 6.10 Å². The molecule has 1 aliphatic rings. The van der Waals surface area contributed by atoms with E-state index >= 15 is 0 Å². The summed E-state index contributed by atoms with van der Waals surface area (Å²) < 4.78 is 11.2. The second-order valence-corrected chi connectivity index (χ2v) is 5.77. The van der Waals surface area contributed by atoms with E-state index in [1.807, 2.05) is 13.8 Å². The van der Waals surface area contributed by atoms with Crippen LogP contribution in [-0.2, 0) is 11.3 Å². The lowest BCUT2D eigenvalue weighted by Crippen LogP contribution is -2.24. The molecule has 0 spiro atoms. The van der Waals surface area contributed by atoms with Crippen molar-refractivity contribution in [2.75, 3.05) is 18.0 Å². The minimum atomic E-state index is 0.164. The van der Waals surface area contributed by atoms with Crippen LogP contribution >= 0.6 is 0 Å². The number of hydrogen-bond donors (Lipinski definition) is 1. The number of fused-ring (bicyclic) bond motifs is 1. The van der Waals surface area contributed by atoms with Gasteiger partial charge in [0.05, 0.1) is 24.7 Å². The van der Waals surface area contributed by atoms with E-state index < -0.39 is 0 Å². The maximum Gasteiger partial charge on any atom is 0.182 e. The van der Waals surface area contributed by atoms with Crippen molar-refractivity contribution in [2.45, 2.75) is 33.0 Å². The van der Waals surface area contributed by atoms with Gasteiger partial charge in [0.15, 0.2) is 11.5 Å². The smallest absolute Gasteiger partial charge is 0.182 e. The topological polar surface area (TPSA) is 93.0 Å². The maximum absolute atomic E-state index is 6.04. The van der Waals surface area contributed by atoms with Gasteiger partial charge in [-0.1, -0.05) is 5.16 Å². The summed E-state index contributed by atoms with van der Waals surface area (Å²) in [5.41, 5.74) is 3.50. The molecule has 0 amide bonds. The quantitative estimate of drug-likeness (QED) is 0.784. The van der Waals surface area contributed by atoms with Gasteiger partial charge in [-0.25, -0.2) is 15.0 Å². The summed E-state index contributed by atoms with van der Waals surface area (Å²) in [6.45, 7) is 6.08. The number of nitrogens with zero attached hydrogens (tertiary/aromatic N) is 5. The zero-order chi connectivity index (χ0) is 15.8. The fourth-order valence-electron chi connectivity index (χ4n) is 2.96. The molecule has 1 unspecified atom stereocenters. The molecule has 4 heterocycles. The third-order valence-electron chi connectivity index (χ3n) is 4.29. The highest BCUT2D eigenvalue weighted by Crippen LogP contribution is 2.25. The Morgan fingerprint density at radius 2 is 2.26 bits per heavy atom. The SMILES string of the molecule is Cc1noc(C)c1COC1CCN(c2ncnc3nc[nH]c23)C1. The predicted octanol–water partition coefficient (Wildman–Crippen LogP) is 1.75. The van der Waals surface area contributed by atoms with Crippen LogP contribution in [0.25, 0.3) is 11.2 Å². The van der Waals surface area contributed by atoms with Gasteiger partial charge in [-0.3, -0.25) is 0 Å². The molecular weight excluding hydrogens is 296 g/mol. The Morgan fingerprint density at radius 1 is 1.35 bits per heavy atom. The number of ether oxygens (including phenoxy) is 1. The predicted molar refractivity (Wildman–Crippen MR) is 83.1 cm³/mol. The van der Waals surface area contributed by atoms with E-state index in [1.165, 1.54) is 0 Å². The molecule has 1 aliphatic heterocycles. The summed E-state index contributed by atoms with van der Waals surface area (Å²) in [5.74, 6) is 1.71. The average molecular weight is 314 g/mol. The van der Waals surface area contributed by atoms with Crippen molar-refractivity contribution in [1.29, 1.82) is 0 Å². The highest BCUT2D eigenvalue weighted by atomic mass is 16.5. The zero-order valence-electron chi connectivity index (χ0n) is 13.1. The first-order valence-electron chi connectivity index (χ1n) is 7.64. The van der Waals surface area contributed by atoms with Crippen LogP contribution in [-0.4, -0.2) is 44.3 Å². The van der Waals surface area contributed by atoms with Crippen molar-refractivity contribution in [1.82, 2.24) is 25.1 Å². The Bertz CT molecular complexity index is 807. The van der Waals surface area contributed by atoms with Crippen LogP contribution in [0.2, 0.25) is 0 Å². The average Bonchev–Trinajstić information content (AvgIpc) is 3.26. The van der Waals surface area contributed by atoms with E-state index in [4.69, 9.17) is 9.26 Å². The third-order valence-corrected chi connectivity index (χ3v) is 4.29. The molecule has 1 fully saturated rings. The first kappa shape index (κ1) is 14.1. The van der Waals surface area contributed by atoms with Gasteiger partial charge >= 0.3 is 0 Å². The Kier molecular flexibility index (Phi) is 3.45. The summed E-state index contributed by atoms with van der Waals surface area (Å²) in [6, 6.07) is 0. The normalized spacial score (nSPS) is 18.2. The molecule has 0 bridgehead atoms. The van der Waals surface area contributed by atoms with Crippen molar-refractivity contribution in [2.24, 2.45) is 0 Å². The largest absolute Gasteiger partial charge is 0.371 e. The standard InChI is InChI=1S/C15H18N6O2/c1-9-12(10(2)23-20-9)6-22-11-3-4-21(5-11)15-13-14(17-7-16-13)18-8-19-15/h7-8,11H,3-6H2,1-2H3,(H,16,17,18,19). The van der Waals surface area contributed by atoms with Crippen LogP contribution in [0.5, 0.6) is 0 Å². The highest BCUT2D eigenvalue weighted by molar-refractivity contribution is 5.82. The number of rotatable bonds is 4. The molecule has 1 N–H and O–H groups in total. The van der Waals surface area contributed by atoms with E-state index in [9.17, 15) is 0 Å². The highest BCUT2D eigenvalue weighted by Gasteiger charge is 2.26. The Labute approximate surface area is 132 Å². The summed E-state index contributed by atoms with van der Waals surface area (Å²) in [7, 11) is 0. The minimum absolute atomic E-state index is 0.164. The van der Waals surface area contributed by atoms with Crippen molar-refractivity contribution in [3.05, 3.63) is 29.7 Å². The van der Waals surface area contributed by atoms with Crippen LogP contribution in [0.15, 0.2) is 17.2 Å². The number of nitrogens with one attached hydrogen (secondary N) is 1. The van der Waals surface area contributed by atoms with Gasteiger partial charge in [-0.2, -0.15) is 0 Å².